The number of unbranched alkanes of at least 4 members (excludes halogenated alkanes) is 15. The molecule has 0 bridgehead atoms. The van der Waals surface area contributed by atoms with Gasteiger partial charge in [0.15, 0.2) is 6.10 Å². The number of carboxylic acids is 1. The molecular weight excluding hydrogens is 755 g/mol. The minimum Gasteiger partial charge on any atom is -0.477 e. The van der Waals surface area contributed by atoms with Gasteiger partial charge in [0.05, 0.1) is 34.4 Å². The molecule has 0 rings (SSSR count). The number of ether oxygens (including phenoxy) is 4. The van der Waals surface area contributed by atoms with Crippen LogP contribution in [0.2, 0.25) is 0 Å². The SMILES string of the molecule is CC/C=C\C/C=C\C/C=C\C/C=C\C/C=C\C/C=C\CCCCC(=O)OC(COC(=O)CCCCCCCCCCCCCCCC)COC(OCC[N+](C)(C)C)C(=O)O. The van der Waals surface area contributed by atoms with Crippen LogP contribution in [0.1, 0.15) is 174 Å². The molecule has 0 aliphatic carbocycles. The molecule has 0 aromatic heterocycles. The molecule has 344 valence electrons. The highest BCUT2D eigenvalue weighted by molar-refractivity contribution is 5.71. The van der Waals surface area contributed by atoms with E-state index in [1.54, 1.807) is 0 Å². The van der Waals surface area contributed by atoms with Crippen molar-refractivity contribution in [3.05, 3.63) is 72.9 Å². The van der Waals surface area contributed by atoms with Crippen LogP contribution in [0.25, 0.3) is 0 Å². The Labute approximate surface area is 367 Å². The van der Waals surface area contributed by atoms with Crippen molar-refractivity contribution in [2.45, 2.75) is 187 Å². The number of carboxylic acid groups (broad SMARTS) is 1. The summed E-state index contributed by atoms with van der Waals surface area (Å²) in [6.07, 6.45) is 49.6. The van der Waals surface area contributed by atoms with Crippen LogP contribution in [0.5, 0.6) is 0 Å². The molecule has 9 heteroatoms. The Balaban J connectivity index is 4.50. The van der Waals surface area contributed by atoms with E-state index < -0.39 is 24.3 Å². The van der Waals surface area contributed by atoms with Crippen molar-refractivity contribution in [2.24, 2.45) is 0 Å². The molecule has 0 heterocycles. The van der Waals surface area contributed by atoms with E-state index in [0.29, 0.717) is 23.9 Å². The number of allylic oxidation sites excluding steroid dienone is 12. The van der Waals surface area contributed by atoms with Gasteiger partial charge in [0.25, 0.3) is 6.29 Å². The van der Waals surface area contributed by atoms with Gasteiger partial charge in [-0.15, -0.1) is 0 Å². The Kier molecular flexibility index (Phi) is 40.1. The molecule has 1 N–H and O–H groups in total. The number of carbonyl (C=O) groups excluding carboxylic acids is 2. The molecule has 0 aliphatic heterocycles. The van der Waals surface area contributed by atoms with Gasteiger partial charge in [0.2, 0.25) is 0 Å². The zero-order valence-electron chi connectivity index (χ0n) is 38.8. The summed E-state index contributed by atoms with van der Waals surface area (Å²) < 4.78 is 22.7. The van der Waals surface area contributed by atoms with E-state index in [1.807, 2.05) is 21.1 Å². The van der Waals surface area contributed by atoms with Crippen LogP contribution in [0.3, 0.4) is 0 Å². The fraction of sp³-hybridized carbons (Fsp3) is 0.706. The number of hydrogen-bond acceptors (Lipinski definition) is 7. The molecular formula is C51H88NO8+. The quantitative estimate of drug-likeness (QED) is 0.0213. The molecule has 60 heavy (non-hydrogen) atoms. The Morgan fingerprint density at radius 3 is 1.42 bits per heavy atom. The van der Waals surface area contributed by atoms with Crippen LogP contribution in [0, 0.1) is 0 Å². The lowest BCUT2D eigenvalue weighted by atomic mass is 10.0. The number of quaternary nitrogens is 1. The average Bonchev–Trinajstić information content (AvgIpc) is 3.21. The first-order valence-corrected chi connectivity index (χ1v) is 23.6. The first-order valence-electron chi connectivity index (χ1n) is 23.6. The van der Waals surface area contributed by atoms with Crippen LogP contribution < -0.4 is 0 Å². The lowest BCUT2D eigenvalue weighted by Gasteiger charge is -2.25. The number of carbonyl (C=O) groups is 3. The normalized spacial score (nSPS) is 13.6. The molecule has 0 saturated carbocycles. The van der Waals surface area contributed by atoms with Crippen molar-refractivity contribution in [1.29, 1.82) is 0 Å². The zero-order valence-corrected chi connectivity index (χ0v) is 38.8. The summed E-state index contributed by atoms with van der Waals surface area (Å²) in [6, 6.07) is 0. The number of aliphatic carboxylic acids is 1. The molecule has 0 spiro atoms. The van der Waals surface area contributed by atoms with Crippen LogP contribution in [0.15, 0.2) is 72.9 Å². The van der Waals surface area contributed by atoms with E-state index in [-0.39, 0.29) is 32.2 Å². The lowest BCUT2D eigenvalue weighted by molar-refractivity contribution is -0.870. The second-order valence-electron chi connectivity index (χ2n) is 16.7. The van der Waals surface area contributed by atoms with E-state index in [1.165, 1.54) is 70.6 Å². The predicted octanol–water partition coefficient (Wildman–Crippen LogP) is 12.7. The number of rotatable bonds is 42. The summed E-state index contributed by atoms with van der Waals surface area (Å²) in [7, 11) is 5.94. The molecule has 0 aromatic carbocycles. The fourth-order valence-corrected chi connectivity index (χ4v) is 6.07. The van der Waals surface area contributed by atoms with Gasteiger partial charge in [-0.1, -0.05) is 170 Å². The van der Waals surface area contributed by atoms with Gasteiger partial charge in [-0.2, -0.15) is 0 Å². The standard InChI is InChI=1S/C51H87NO8/c1-6-8-10-12-14-16-18-20-22-23-24-25-26-27-28-30-32-34-36-38-40-42-49(54)60-47(46-59-51(50(55)56)57-44-43-52(3,4)5)45-58-48(53)41-39-37-35-33-31-29-21-19-17-15-13-11-9-7-2/h8,10,14,16,20,22,24-25,27-28,32,34,47,51H,6-7,9,11-13,15,17-19,21,23,26,29-31,33,35-46H2,1-5H3/p+1/b10-8-,16-14-,22-20-,25-24-,28-27-,34-32-. The summed E-state index contributed by atoms with van der Waals surface area (Å²) in [5, 5.41) is 9.64. The minimum atomic E-state index is -1.52. The second kappa shape index (κ2) is 42.4. The second-order valence-corrected chi connectivity index (χ2v) is 16.7. The average molecular weight is 843 g/mol. The topological polar surface area (TPSA) is 108 Å². The molecule has 0 aliphatic rings. The Hall–Kier alpha value is -3.27. The van der Waals surface area contributed by atoms with E-state index in [2.05, 4.69) is 86.8 Å². The van der Waals surface area contributed by atoms with Crippen molar-refractivity contribution in [2.75, 3.05) is 47.5 Å². The van der Waals surface area contributed by atoms with Crippen molar-refractivity contribution >= 4 is 17.9 Å². The number of likely N-dealkylation sites (N-methyl/N-ethyl adjacent to an activating group) is 1. The van der Waals surface area contributed by atoms with Crippen LogP contribution >= 0.6 is 0 Å². The highest BCUT2D eigenvalue weighted by Crippen LogP contribution is 2.14. The lowest BCUT2D eigenvalue weighted by Crippen LogP contribution is -2.40. The Morgan fingerprint density at radius 1 is 0.517 bits per heavy atom. The van der Waals surface area contributed by atoms with Crippen molar-refractivity contribution in [1.82, 2.24) is 0 Å². The summed E-state index contributed by atoms with van der Waals surface area (Å²) in [6.45, 7) is 4.69. The molecule has 0 aromatic rings. The highest BCUT2D eigenvalue weighted by Gasteiger charge is 2.25. The third kappa shape index (κ3) is 42.8. The molecule has 0 amide bonds. The first kappa shape index (κ1) is 56.7. The number of esters is 2. The van der Waals surface area contributed by atoms with E-state index in [9.17, 15) is 19.5 Å². The van der Waals surface area contributed by atoms with Gasteiger partial charge >= 0.3 is 17.9 Å². The van der Waals surface area contributed by atoms with Gasteiger partial charge in [-0.25, -0.2) is 4.79 Å². The van der Waals surface area contributed by atoms with Crippen molar-refractivity contribution in [3.63, 3.8) is 0 Å². The highest BCUT2D eigenvalue weighted by atomic mass is 16.7. The summed E-state index contributed by atoms with van der Waals surface area (Å²) >= 11 is 0. The molecule has 0 fully saturated rings. The van der Waals surface area contributed by atoms with Crippen molar-refractivity contribution in [3.8, 4) is 0 Å². The molecule has 9 nitrogen and oxygen atoms in total. The minimum absolute atomic E-state index is 0.176. The van der Waals surface area contributed by atoms with Gasteiger partial charge in [0, 0.05) is 12.8 Å². The Bertz CT molecular complexity index is 1210. The maximum Gasteiger partial charge on any atom is 0.361 e. The first-order chi connectivity index (χ1) is 29.1. The van der Waals surface area contributed by atoms with Crippen LogP contribution in [-0.4, -0.2) is 87.4 Å². The van der Waals surface area contributed by atoms with Crippen LogP contribution in [-0.2, 0) is 33.3 Å². The summed E-state index contributed by atoms with van der Waals surface area (Å²) in [5.41, 5.74) is 0. The van der Waals surface area contributed by atoms with E-state index in [4.69, 9.17) is 18.9 Å². The summed E-state index contributed by atoms with van der Waals surface area (Å²) in [5.74, 6) is -2.07. The predicted molar refractivity (Wildman–Crippen MR) is 249 cm³/mol. The monoisotopic (exact) mass is 843 g/mol. The smallest absolute Gasteiger partial charge is 0.361 e. The summed E-state index contributed by atoms with van der Waals surface area (Å²) in [4.78, 5) is 37.1. The zero-order chi connectivity index (χ0) is 44.2. The van der Waals surface area contributed by atoms with E-state index >= 15 is 0 Å². The van der Waals surface area contributed by atoms with Gasteiger partial charge in [-0.3, -0.25) is 9.59 Å². The van der Waals surface area contributed by atoms with Gasteiger partial charge in [-0.05, 0) is 64.2 Å². The Morgan fingerprint density at radius 2 is 0.950 bits per heavy atom. The molecule has 2 atom stereocenters. The maximum atomic E-state index is 12.8. The third-order valence-electron chi connectivity index (χ3n) is 9.73. The van der Waals surface area contributed by atoms with Crippen LogP contribution in [0.4, 0.5) is 0 Å². The van der Waals surface area contributed by atoms with E-state index in [0.717, 1.165) is 70.6 Å². The maximum absolute atomic E-state index is 12.8. The molecule has 2 unspecified atom stereocenters. The van der Waals surface area contributed by atoms with Gasteiger partial charge < -0.3 is 28.5 Å². The molecule has 0 saturated heterocycles. The fourth-order valence-electron chi connectivity index (χ4n) is 6.07. The third-order valence-corrected chi connectivity index (χ3v) is 9.73. The number of nitrogens with zero attached hydrogens (tertiary/aromatic N) is 1. The molecule has 0 radical (unpaired) electrons. The largest absolute Gasteiger partial charge is 0.477 e. The number of hydrogen-bond donors (Lipinski definition) is 1. The van der Waals surface area contributed by atoms with Gasteiger partial charge in [0.1, 0.15) is 13.2 Å². The van der Waals surface area contributed by atoms with Crippen molar-refractivity contribution < 1.29 is 42.9 Å².